The van der Waals surface area contributed by atoms with Crippen LogP contribution in [0.4, 0.5) is 18.9 Å². The van der Waals surface area contributed by atoms with Crippen LogP contribution in [-0.4, -0.2) is 42.2 Å². The highest BCUT2D eigenvalue weighted by Gasteiger charge is 2.30. The Morgan fingerprint density at radius 2 is 1.96 bits per heavy atom. The molecular weight excluding hydrogens is 359 g/mol. The maximum Gasteiger partial charge on any atom is 0.416 e. The SMILES string of the molecule is CN(C)C=NN(C)c1cnn(-c2cccc(C(F)(F)F)c2)c(=O)c1Cl. The molecule has 0 saturated heterocycles. The first-order valence-corrected chi connectivity index (χ1v) is 7.39. The summed E-state index contributed by atoms with van der Waals surface area (Å²) in [6.07, 6.45) is -1.77. The van der Waals surface area contributed by atoms with Crippen molar-refractivity contribution >= 4 is 23.6 Å². The van der Waals surface area contributed by atoms with Gasteiger partial charge in [0.1, 0.15) is 17.0 Å². The lowest BCUT2D eigenvalue weighted by molar-refractivity contribution is -0.137. The number of halogens is 4. The number of benzene rings is 1. The summed E-state index contributed by atoms with van der Waals surface area (Å²) in [6, 6.07) is 4.28. The number of aromatic nitrogens is 2. The third kappa shape index (κ3) is 4.30. The van der Waals surface area contributed by atoms with Crippen molar-refractivity contribution in [2.24, 2.45) is 5.10 Å². The van der Waals surface area contributed by atoms with Gasteiger partial charge in [0.15, 0.2) is 0 Å². The van der Waals surface area contributed by atoms with E-state index < -0.39 is 17.3 Å². The van der Waals surface area contributed by atoms with Crippen molar-refractivity contribution in [1.82, 2.24) is 14.7 Å². The smallest absolute Gasteiger partial charge is 0.367 e. The molecule has 2 rings (SSSR count). The Hall–Kier alpha value is -2.55. The third-order valence-electron chi connectivity index (χ3n) is 3.12. The first-order chi connectivity index (χ1) is 11.6. The van der Waals surface area contributed by atoms with Gasteiger partial charge < -0.3 is 4.90 Å². The summed E-state index contributed by atoms with van der Waals surface area (Å²) in [5.41, 5.74) is -1.43. The van der Waals surface area contributed by atoms with E-state index in [2.05, 4.69) is 10.2 Å². The minimum Gasteiger partial charge on any atom is -0.367 e. The van der Waals surface area contributed by atoms with Gasteiger partial charge in [-0.2, -0.15) is 28.1 Å². The molecule has 10 heteroatoms. The highest BCUT2D eigenvalue weighted by atomic mass is 35.5. The molecule has 0 aliphatic carbocycles. The molecule has 0 saturated carbocycles. The molecule has 0 amide bonds. The van der Waals surface area contributed by atoms with Gasteiger partial charge >= 0.3 is 6.18 Å². The number of anilines is 1. The Morgan fingerprint density at radius 3 is 2.56 bits per heavy atom. The maximum absolute atomic E-state index is 12.8. The van der Waals surface area contributed by atoms with Gasteiger partial charge in [-0.15, -0.1) is 0 Å². The van der Waals surface area contributed by atoms with Crippen LogP contribution in [0, 0.1) is 0 Å². The Morgan fingerprint density at radius 1 is 1.28 bits per heavy atom. The van der Waals surface area contributed by atoms with Crippen molar-refractivity contribution in [2.45, 2.75) is 6.18 Å². The van der Waals surface area contributed by atoms with Gasteiger partial charge in [-0.25, -0.2) is 0 Å². The fourth-order valence-electron chi connectivity index (χ4n) is 1.89. The van der Waals surface area contributed by atoms with Gasteiger partial charge in [-0.3, -0.25) is 9.80 Å². The molecule has 0 aliphatic rings. The molecule has 0 fully saturated rings. The van der Waals surface area contributed by atoms with Crippen molar-refractivity contribution < 1.29 is 13.2 Å². The van der Waals surface area contributed by atoms with E-state index in [4.69, 9.17) is 11.6 Å². The molecule has 2 aromatic rings. The standard InChI is InChI=1S/C15H15ClF3N5O/c1-22(2)9-21-23(3)12-8-20-24(14(25)13(12)16)11-6-4-5-10(7-11)15(17,18)19/h4-9H,1-3H3. The zero-order valence-electron chi connectivity index (χ0n) is 13.6. The van der Waals surface area contributed by atoms with Gasteiger partial charge in [-0.1, -0.05) is 17.7 Å². The van der Waals surface area contributed by atoms with E-state index in [9.17, 15) is 18.0 Å². The van der Waals surface area contributed by atoms with Crippen molar-refractivity contribution in [1.29, 1.82) is 0 Å². The highest BCUT2D eigenvalue weighted by molar-refractivity contribution is 6.33. The lowest BCUT2D eigenvalue weighted by Crippen LogP contribution is -2.25. The molecular formula is C15H15ClF3N5O. The number of hydrogen-bond donors (Lipinski definition) is 0. The molecule has 1 heterocycles. The summed E-state index contributed by atoms with van der Waals surface area (Å²) in [5.74, 6) is 0. The fraction of sp³-hybridized carbons (Fsp3) is 0.267. The predicted octanol–water partition coefficient (Wildman–Crippen LogP) is 2.85. The van der Waals surface area contributed by atoms with E-state index in [1.165, 1.54) is 29.7 Å². The van der Waals surface area contributed by atoms with Crippen LogP contribution in [0.3, 0.4) is 0 Å². The van der Waals surface area contributed by atoms with Gasteiger partial charge in [0.25, 0.3) is 5.56 Å². The topological polar surface area (TPSA) is 53.7 Å². The third-order valence-corrected chi connectivity index (χ3v) is 3.48. The average Bonchev–Trinajstić information content (AvgIpc) is 2.54. The summed E-state index contributed by atoms with van der Waals surface area (Å²) in [7, 11) is 5.10. The normalized spacial score (nSPS) is 11.8. The van der Waals surface area contributed by atoms with Crippen LogP contribution in [0.1, 0.15) is 5.56 Å². The minimum atomic E-state index is -4.52. The number of alkyl halides is 3. The molecule has 0 unspecified atom stereocenters. The molecule has 1 aromatic heterocycles. The first-order valence-electron chi connectivity index (χ1n) is 7.01. The first kappa shape index (κ1) is 18.8. The highest BCUT2D eigenvalue weighted by Crippen LogP contribution is 2.30. The number of nitrogens with zero attached hydrogens (tertiary/aromatic N) is 5. The van der Waals surface area contributed by atoms with Crippen LogP contribution in [0.25, 0.3) is 5.69 Å². The summed E-state index contributed by atoms with van der Waals surface area (Å²) in [5, 5.41) is 9.10. The summed E-state index contributed by atoms with van der Waals surface area (Å²) in [4.78, 5) is 14.1. The summed E-state index contributed by atoms with van der Waals surface area (Å²) < 4.78 is 39.3. The van der Waals surface area contributed by atoms with Crippen molar-refractivity contribution in [3.05, 3.63) is 51.4 Å². The van der Waals surface area contributed by atoms with E-state index in [0.29, 0.717) is 0 Å². The van der Waals surface area contributed by atoms with E-state index in [1.807, 2.05) is 0 Å². The number of hydrogen-bond acceptors (Lipinski definition) is 4. The second kappa shape index (κ2) is 7.14. The second-order valence-corrected chi connectivity index (χ2v) is 5.70. The summed E-state index contributed by atoms with van der Waals surface area (Å²) in [6.45, 7) is 0. The van der Waals surface area contributed by atoms with Gasteiger partial charge in [0.2, 0.25) is 0 Å². The van der Waals surface area contributed by atoms with Crippen LogP contribution >= 0.6 is 11.6 Å². The van der Waals surface area contributed by atoms with Gasteiger partial charge in [-0.05, 0) is 18.2 Å². The van der Waals surface area contributed by atoms with E-state index in [1.54, 1.807) is 26.0 Å². The van der Waals surface area contributed by atoms with Crippen LogP contribution in [0.2, 0.25) is 5.02 Å². The van der Waals surface area contributed by atoms with Gasteiger partial charge in [0, 0.05) is 21.1 Å². The van der Waals surface area contributed by atoms with Crippen LogP contribution in [-0.2, 0) is 6.18 Å². The van der Waals surface area contributed by atoms with Crippen molar-refractivity contribution in [2.75, 3.05) is 26.2 Å². The van der Waals surface area contributed by atoms with E-state index >= 15 is 0 Å². The Bertz CT molecular complexity index is 848. The number of rotatable bonds is 4. The van der Waals surface area contributed by atoms with Crippen LogP contribution < -0.4 is 10.6 Å². The predicted molar refractivity (Wildman–Crippen MR) is 90.4 cm³/mol. The zero-order valence-corrected chi connectivity index (χ0v) is 14.4. The minimum absolute atomic E-state index is 0.0345. The van der Waals surface area contributed by atoms with E-state index in [-0.39, 0.29) is 16.4 Å². The van der Waals surface area contributed by atoms with Crippen molar-refractivity contribution in [3.8, 4) is 5.69 Å². The lowest BCUT2D eigenvalue weighted by Gasteiger charge is -2.16. The van der Waals surface area contributed by atoms with Crippen molar-refractivity contribution in [3.63, 3.8) is 0 Å². The molecule has 0 spiro atoms. The van der Waals surface area contributed by atoms with Crippen LogP contribution in [0.15, 0.2) is 40.4 Å². The van der Waals surface area contributed by atoms with E-state index in [0.717, 1.165) is 16.8 Å². The second-order valence-electron chi connectivity index (χ2n) is 5.33. The van der Waals surface area contributed by atoms with Gasteiger partial charge in [0.05, 0.1) is 17.4 Å². The summed E-state index contributed by atoms with van der Waals surface area (Å²) >= 11 is 6.06. The largest absolute Gasteiger partial charge is 0.416 e. The monoisotopic (exact) mass is 373 g/mol. The number of hydrazone groups is 1. The molecule has 6 nitrogen and oxygen atoms in total. The zero-order chi connectivity index (χ0) is 18.8. The maximum atomic E-state index is 12.8. The Balaban J connectivity index is 2.46. The average molecular weight is 374 g/mol. The Labute approximate surface area is 146 Å². The van der Waals surface area contributed by atoms with Crippen LogP contribution in [0.5, 0.6) is 0 Å². The molecule has 0 atom stereocenters. The molecule has 0 N–H and O–H groups in total. The quantitative estimate of drug-likeness (QED) is 0.470. The molecule has 25 heavy (non-hydrogen) atoms. The Kier molecular flexibility index (Phi) is 5.36. The molecule has 0 bridgehead atoms. The molecule has 0 radical (unpaired) electrons. The molecule has 134 valence electrons. The fourth-order valence-corrected chi connectivity index (χ4v) is 2.14. The molecule has 1 aromatic carbocycles. The molecule has 0 aliphatic heterocycles. The lowest BCUT2D eigenvalue weighted by atomic mass is 10.2.